The van der Waals surface area contributed by atoms with Crippen molar-refractivity contribution in [2.45, 2.75) is 12.8 Å². The summed E-state index contributed by atoms with van der Waals surface area (Å²) in [6, 6.07) is 5.25. The van der Waals surface area contributed by atoms with E-state index in [9.17, 15) is 5.11 Å². The highest BCUT2D eigenvalue weighted by atomic mass is 16.3. The van der Waals surface area contributed by atoms with Gasteiger partial charge in [0.05, 0.1) is 0 Å². The molecule has 2 heteroatoms. The summed E-state index contributed by atoms with van der Waals surface area (Å²) < 4.78 is 0. The molecule has 0 aromatic heterocycles. The first kappa shape index (κ1) is 9.07. The van der Waals surface area contributed by atoms with Crippen LogP contribution in [0.1, 0.15) is 17.0 Å². The Balaban J connectivity index is 3.07. The molecule has 1 aromatic carbocycles. The van der Waals surface area contributed by atoms with E-state index in [2.05, 4.69) is 6.92 Å². The molecule has 0 aliphatic rings. The Kier molecular flexibility index (Phi) is 2.71. The highest BCUT2D eigenvalue weighted by molar-refractivity contribution is 5.40. The van der Waals surface area contributed by atoms with Crippen LogP contribution < -0.4 is 0 Å². The van der Waals surface area contributed by atoms with Crippen LogP contribution in [-0.2, 0) is 0 Å². The predicted octanol–water partition coefficient (Wildman–Crippen LogP) is 1.61. The van der Waals surface area contributed by atoms with E-state index in [-0.39, 0.29) is 18.3 Å². The van der Waals surface area contributed by atoms with Crippen molar-refractivity contribution in [3.8, 4) is 5.75 Å². The van der Waals surface area contributed by atoms with Gasteiger partial charge < -0.3 is 10.2 Å². The molecule has 0 amide bonds. The molecule has 1 aromatic rings. The summed E-state index contributed by atoms with van der Waals surface area (Å²) in [6.07, 6.45) is 0. The molecule has 0 saturated heterocycles. The van der Waals surface area contributed by atoms with E-state index in [0.29, 0.717) is 0 Å². The van der Waals surface area contributed by atoms with Crippen molar-refractivity contribution in [3.63, 3.8) is 0 Å². The largest absolute Gasteiger partial charge is 0.508 e. The quantitative estimate of drug-likeness (QED) is 0.699. The number of aromatic hydroxyl groups is 1. The van der Waals surface area contributed by atoms with Crippen LogP contribution in [0.2, 0.25) is 0 Å². The van der Waals surface area contributed by atoms with E-state index in [1.54, 1.807) is 12.1 Å². The monoisotopic (exact) mass is 165 g/mol. The van der Waals surface area contributed by atoms with Crippen molar-refractivity contribution in [2.75, 3.05) is 6.61 Å². The molecule has 0 aliphatic carbocycles. The van der Waals surface area contributed by atoms with E-state index in [4.69, 9.17) is 5.11 Å². The minimum atomic E-state index is -0.155. The zero-order valence-corrected chi connectivity index (χ0v) is 7.12. The number of phenols is 1. The molecule has 0 saturated carbocycles. The van der Waals surface area contributed by atoms with Gasteiger partial charge in [0, 0.05) is 12.5 Å². The lowest BCUT2D eigenvalue weighted by molar-refractivity contribution is 0.282. The molecule has 0 aliphatic heterocycles. The van der Waals surface area contributed by atoms with Gasteiger partial charge in [-0.3, -0.25) is 0 Å². The summed E-state index contributed by atoms with van der Waals surface area (Å²) in [5.41, 5.74) is 1.70. The fourth-order valence-corrected chi connectivity index (χ4v) is 1.18. The molecule has 0 spiro atoms. The summed E-state index contributed by atoms with van der Waals surface area (Å²) in [6.45, 7) is 5.59. The van der Waals surface area contributed by atoms with Gasteiger partial charge in [0.15, 0.2) is 0 Å². The van der Waals surface area contributed by atoms with Gasteiger partial charge in [-0.1, -0.05) is 12.1 Å². The lowest BCUT2D eigenvalue weighted by atomic mass is 9.97. The Bertz CT molecular complexity index is 269. The van der Waals surface area contributed by atoms with Crippen LogP contribution in [0.3, 0.4) is 0 Å². The number of benzene rings is 1. The molecule has 12 heavy (non-hydrogen) atoms. The van der Waals surface area contributed by atoms with Gasteiger partial charge in [-0.05, 0) is 31.0 Å². The average molecular weight is 165 g/mol. The van der Waals surface area contributed by atoms with Gasteiger partial charge >= 0.3 is 0 Å². The maximum Gasteiger partial charge on any atom is 0.118 e. The van der Waals surface area contributed by atoms with Gasteiger partial charge in [0.1, 0.15) is 5.75 Å². The van der Waals surface area contributed by atoms with Gasteiger partial charge in [-0.25, -0.2) is 0 Å². The van der Waals surface area contributed by atoms with Crippen molar-refractivity contribution < 1.29 is 10.2 Å². The number of hydrogen-bond donors (Lipinski definition) is 2. The van der Waals surface area contributed by atoms with Crippen LogP contribution in [0.5, 0.6) is 5.75 Å². The molecule has 2 nitrogen and oxygen atoms in total. The predicted molar refractivity (Wildman–Crippen MR) is 48.0 cm³/mol. The Labute approximate surface area is 72.5 Å². The van der Waals surface area contributed by atoms with Gasteiger partial charge in [0.25, 0.3) is 0 Å². The van der Waals surface area contributed by atoms with Crippen molar-refractivity contribution in [3.05, 3.63) is 36.2 Å². The lowest BCUT2D eigenvalue weighted by Crippen LogP contribution is -2.01. The first-order valence-corrected chi connectivity index (χ1v) is 3.89. The Morgan fingerprint density at radius 1 is 1.50 bits per heavy atom. The van der Waals surface area contributed by atoms with E-state index in [1.807, 2.05) is 13.0 Å². The second kappa shape index (κ2) is 3.59. The maximum absolute atomic E-state index is 9.34. The molecule has 1 radical (unpaired) electrons. The number of phenolic OH excluding ortho intramolecular Hbond substituents is 1. The van der Waals surface area contributed by atoms with Crippen LogP contribution in [0.4, 0.5) is 0 Å². The smallest absolute Gasteiger partial charge is 0.118 e. The lowest BCUT2D eigenvalue weighted by Gasteiger charge is -2.12. The fourth-order valence-electron chi connectivity index (χ4n) is 1.18. The average Bonchev–Trinajstić information content (AvgIpc) is 2.08. The molecule has 0 heterocycles. The summed E-state index contributed by atoms with van der Waals surface area (Å²) in [4.78, 5) is 0. The van der Waals surface area contributed by atoms with Crippen LogP contribution >= 0.6 is 0 Å². The Morgan fingerprint density at radius 2 is 2.17 bits per heavy atom. The molecule has 0 bridgehead atoms. The summed E-state index contributed by atoms with van der Waals surface area (Å²) in [5, 5.41) is 18.2. The second-order valence-corrected chi connectivity index (χ2v) is 2.87. The third-order valence-corrected chi connectivity index (χ3v) is 2.01. The highest BCUT2D eigenvalue weighted by Gasteiger charge is 2.08. The van der Waals surface area contributed by atoms with Crippen molar-refractivity contribution in [2.24, 2.45) is 0 Å². The molecule has 1 atom stereocenters. The van der Waals surface area contributed by atoms with Gasteiger partial charge in [0.2, 0.25) is 0 Å². The number of aliphatic hydroxyl groups excluding tert-OH is 1. The Hall–Kier alpha value is -1.02. The first-order valence-electron chi connectivity index (χ1n) is 3.89. The van der Waals surface area contributed by atoms with Crippen molar-refractivity contribution in [1.29, 1.82) is 0 Å². The molecule has 2 N–H and O–H groups in total. The van der Waals surface area contributed by atoms with Crippen molar-refractivity contribution in [1.82, 2.24) is 0 Å². The molecule has 65 valence electrons. The van der Waals surface area contributed by atoms with Crippen LogP contribution in [0, 0.1) is 13.8 Å². The molecule has 1 unspecified atom stereocenters. The molecular weight excluding hydrogens is 152 g/mol. The topological polar surface area (TPSA) is 40.5 Å². The number of rotatable bonds is 2. The normalized spacial score (nSPS) is 12.9. The second-order valence-electron chi connectivity index (χ2n) is 2.87. The highest BCUT2D eigenvalue weighted by Crippen LogP contribution is 2.25. The van der Waals surface area contributed by atoms with E-state index in [0.717, 1.165) is 11.1 Å². The van der Waals surface area contributed by atoms with Crippen LogP contribution in [0.25, 0.3) is 0 Å². The number of aliphatic hydroxyl groups is 1. The van der Waals surface area contributed by atoms with E-state index in [1.165, 1.54) is 0 Å². The number of hydrogen-bond acceptors (Lipinski definition) is 2. The summed E-state index contributed by atoms with van der Waals surface area (Å²) >= 11 is 0. The molecular formula is C10H13O2. The van der Waals surface area contributed by atoms with E-state index < -0.39 is 0 Å². The maximum atomic E-state index is 9.34. The summed E-state index contributed by atoms with van der Waals surface area (Å²) in [5.74, 6) is 0.103. The van der Waals surface area contributed by atoms with E-state index >= 15 is 0 Å². The van der Waals surface area contributed by atoms with Crippen LogP contribution in [-0.4, -0.2) is 16.8 Å². The molecule has 0 fully saturated rings. The minimum Gasteiger partial charge on any atom is -0.508 e. The standard InChI is InChI=1S/C10H13O2/c1-7(6-11)9-4-3-5-10(12)8(9)2/h3-5,7,11-12H,1,6H2,2H3. The first-order chi connectivity index (χ1) is 5.66. The minimum absolute atomic E-state index is 0.00426. The third kappa shape index (κ3) is 1.59. The SMILES string of the molecule is [CH2]C(CO)c1cccc(O)c1C. The Morgan fingerprint density at radius 3 is 2.75 bits per heavy atom. The summed E-state index contributed by atoms with van der Waals surface area (Å²) in [7, 11) is 0. The van der Waals surface area contributed by atoms with Gasteiger partial charge in [-0.15, -0.1) is 0 Å². The third-order valence-electron chi connectivity index (χ3n) is 2.01. The van der Waals surface area contributed by atoms with Gasteiger partial charge in [-0.2, -0.15) is 0 Å². The fraction of sp³-hybridized carbons (Fsp3) is 0.300. The van der Waals surface area contributed by atoms with Crippen LogP contribution in [0.15, 0.2) is 18.2 Å². The van der Waals surface area contributed by atoms with Crippen molar-refractivity contribution >= 4 is 0 Å². The molecule has 1 rings (SSSR count). The zero-order chi connectivity index (χ0) is 9.14. The zero-order valence-electron chi connectivity index (χ0n) is 7.12.